The van der Waals surface area contributed by atoms with E-state index in [1.807, 2.05) is 6.07 Å². The number of nitrogens with one attached hydrogen (secondary N) is 1. The Kier molecular flexibility index (Phi) is 4.20. The van der Waals surface area contributed by atoms with E-state index in [2.05, 4.69) is 34.6 Å². The Morgan fingerprint density at radius 1 is 1.38 bits per heavy atom. The molecule has 1 unspecified atom stereocenters. The zero-order valence-electron chi connectivity index (χ0n) is 12.6. The lowest BCUT2D eigenvalue weighted by molar-refractivity contribution is 0.259. The molecule has 0 aliphatic heterocycles. The van der Waals surface area contributed by atoms with Gasteiger partial charge in [0.05, 0.1) is 0 Å². The number of benzene rings is 1. The summed E-state index contributed by atoms with van der Waals surface area (Å²) in [6.45, 7) is 5.21. The molecule has 5 nitrogen and oxygen atoms in total. The van der Waals surface area contributed by atoms with Crippen LogP contribution in [0.1, 0.15) is 48.7 Å². The predicted molar refractivity (Wildman–Crippen MR) is 79.2 cm³/mol. The van der Waals surface area contributed by atoms with E-state index in [-0.39, 0.29) is 0 Å². The molecule has 0 radical (unpaired) electrons. The van der Waals surface area contributed by atoms with E-state index in [1.165, 1.54) is 24.0 Å². The first-order chi connectivity index (χ1) is 10.3. The Labute approximate surface area is 124 Å². The molecule has 1 aromatic carbocycles. The molecule has 0 fully saturated rings. The molecule has 0 spiro atoms. The van der Waals surface area contributed by atoms with E-state index in [9.17, 15) is 0 Å². The number of nitrogens with zero attached hydrogens (tertiary/aromatic N) is 2. The fraction of sp³-hybridized carbons (Fsp3) is 0.500. The Morgan fingerprint density at radius 3 is 3.05 bits per heavy atom. The predicted octanol–water partition coefficient (Wildman–Crippen LogP) is 2.94. The molecule has 1 N–H and O–H groups in total. The Bertz CT molecular complexity index is 609. The fourth-order valence-corrected chi connectivity index (χ4v) is 2.87. The van der Waals surface area contributed by atoms with Gasteiger partial charge in [-0.05, 0) is 49.1 Å². The number of fused-ring (bicyclic) bond motifs is 1. The highest BCUT2D eigenvalue weighted by molar-refractivity contribution is 5.39. The van der Waals surface area contributed by atoms with Crippen molar-refractivity contribution in [3.63, 3.8) is 0 Å². The number of aryl methyl sites for hydroxylation is 2. The van der Waals surface area contributed by atoms with Crippen LogP contribution >= 0.6 is 0 Å². The van der Waals surface area contributed by atoms with Gasteiger partial charge in [0.25, 0.3) is 5.89 Å². The highest BCUT2D eigenvalue weighted by Gasteiger charge is 2.20. The normalized spacial score (nSPS) is 17.5. The van der Waals surface area contributed by atoms with Crippen molar-refractivity contribution in [3.05, 3.63) is 41.1 Å². The second-order valence-corrected chi connectivity index (χ2v) is 5.37. The quantitative estimate of drug-likeness (QED) is 0.916. The molecule has 1 aliphatic carbocycles. The zero-order chi connectivity index (χ0) is 14.7. The molecular formula is C16H21N3O2. The largest absolute Gasteiger partial charge is 0.484 e. The van der Waals surface area contributed by atoms with Gasteiger partial charge in [0, 0.05) is 13.0 Å². The molecule has 1 atom stereocenters. The molecule has 0 bridgehead atoms. The zero-order valence-corrected chi connectivity index (χ0v) is 12.6. The monoisotopic (exact) mass is 287 g/mol. The summed E-state index contributed by atoms with van der Waals surface area (Å²) in [5.41, 5.74) is 2.79. The van der Waals surface area contributed by atoms with Crippen LogP contribution in [0.4, 0.5) is 0 Å². The van der Waals surface area contributed by atoms with E-state index < -0.39 is 0 Å². The van der Waals surface area contributed by atoms with E-state index >= 15 is 0 Å². The summed E-state index contributed by atoms with van der Waals surface area (Å²) in [6.07, 6.45) is 3.58. The summed E-state index contributed by atoms with van der Waals surface area (Å²) < 4.78 is 11.1. The summed E-state index contributed by atoms with van der Waals surface area (Å²) in [5.74, 6) is 1.93. The summed E-state index contributed by atoms with van der Waals surface area (Å²) in [7, 11) is 0. The molecule has 2 aromatic rings. The summed E-state index contributed by atoms with van der Waals surface area (Å²) in [5, 5.41) is 11.3. The van der Waals surface area contributed by atoms with Crippen LogP contribution in [-0.2, 0) is 13.0 Å². The van der Waals surface area contributed by atoms with Crippen LogP contribution in [0.5, 0.6) is 5.75 Å². The molecule has 21 heavy (non-hydrogen) atoms. The fourth-order valence-electron chi connectivity index (χ4n) is 2.87. The maximum absolute atomic E-state index is 5.77. The molecule has 0 saturated heterocycles. The number of aromatic nitrogens is 2. The first kappa shape index (κ1) is 14.1. The van der Waals surface area contributed by atoms with Crippen molar-refractivity contribution in [3.8, 4) is 5.75 Å². The van der Waals surface area contributed by atoms with E-state index in [0.29, 0.717) is 24.4 Å². The van der Waals surface area contributed by atoms with Crippen molar-refractivity contribution in [1.82, 2.24) is 15.5 Å². The standard InChI is InChI=1S/C16H21N3O2/c1-3-17-15-6-4-5-12-7-8-13(9-14(12)15)20-10-16-19-18-11(2)21-16/h7-9,15,17H,3-6,10H2,1-2H3. The minimum atomic E-state index is 0.311. The van der Waals surface area contributed by atoms with Crippen LogP contribution < -0.4 is 10.1 Å². The van der Waals surface area contributed by atoms with Gasteiger partial charge in [-0.3, -0.25) is 0 Å². The van der Waals surface area contributed by atoms with Gasteiger partial charge in [0.1, 0.15) is 5.75 Å². The third-order valence-corrected chi connectivity index (χ3v) is 3.81. The highest BCUT2D eigenvalue weighted by atomic mass is 16.5. The Morgan fingerprint density at radius 2 is 2.29 bits per heavy atom. The number of rotatable bonds is 5. The number of hydrogen-bond acceptors (Lipinski definition) is 5. The molecule has 112 valence electrons. The van der Waals surface area contributed by atoms with Crippen LogP contribution in [0.3, 0.4) is 0 Å². The lowest BCUT2D eigenvalue weighted by Gasteiger charge is -2.26. The molecule has 3 rings (SSSR count). The van der Waals surface area contributed by atoms with E-state index in [4.69, 9.17) is 9.15 Å². The number of hydrogen-bond donors (Lipinski definition) is 1. The third-order valence-electron chi connectivity index (χ3n) is 3.81. The average molecular weight is 287 g/mol. The Hall–Kier alpha value is -1.88. The van der Waals surface area contributed by atoms with Gasteiger partial charge in [-0.25, -0.2) is 0 Å². The molecule has 0 saturated carbocycles. The maximum atomic E-state index is 5.77. The third kappa shape index (κ3) is 3.24. The van der Waals surface area contributed by atoms with E-state index in [1.54, 1.807) is 6.92 Å². The lowest BCUT2D eigenvalue weighted by Crippen LogP contribution is -2.24. The van der Waals surface area contributed by atoms with Crippen molar-refractivity contribution < 1.29 is 9.15 Å². The molecule has 1 aliphatic rings. The van der Waals surface area contributed by atoms with Crippen LogP contribution in [0, 0.1) is 6.92 Å². The first-order valence-corrected chi connectivity index (χ1v) is 7.54. The highest BCUT2D eigenvalue weighted by Crippen LogP contribution is 2.32. The minimum Gasteiger partial charge on any atom is -0.484 e. The summed E-state index contributed by atoms with van der Waals surface area (Å²) >= 11 is 0. The van der Waals surface area contributed by atoms with Gasteiger partial charge in [0.15, 0.2) is 6.61 Å². The van der Waals surface area contributed by atoms with Crippen LogP contribution in [-0.4, -0.2) is 16.7 Å². The van der Waals surface area contributed by atoms with Crippen LogP contribution in [0.2, 0.25) is 0 Å². The minimum absolute atomic E-state index is 0.311. The Balaban J connectivity index is 1.73. The lowest BCUT2D eigenvalue weighted by atomic mass is 9.87. The van der Waals surface area contributed by atoms with Crippen molar-refractivity contribution in [2.75, 3.05) is 6.54 Å². The topological polar surface area (TPSA) is 60.2 Å². The van der Waals surface area contributed by atoms with Gasteiger partial charge < -0.3 is 14.5 Å². The van der Waals surface area contributed by atoms with Crippen LogP contribution in [0.15, 0.2) is 22.6 Å². The molecule has 5 heteroatoms. The van der Waals surface area contributed by atoms with Gasteiger partial charge >= 0.3 is 0 Å². The smallest absolute Gasteiger partial charge is 0.253 e. The number of ether oxygens (including phenoxy) is 1. The molecule has 1 heterocycles. The van der Waals surface area contributed by atoms with Crippen molar-refractivity contribution in [1.29, 1.82) is 0 Å². The summed E-state index contributed by atoms with van der Waals surface area (Å²) in [4.78, 5) is 0. The van der Waals surface area contributed by atoms with Crippen LogP contribution in [0.25, 0.3) is 0 Å². The SMILES string of the molecule is CCNC1CCCc2ccc(OCc3nnc(C)o3)cc21. The van der Waals surface area contributed by atoms with Gasteiger partial charge in [0.2, 0.25) is 5.89 Å². The van der Waals surface area contributed by atoms with Crippen molar-refractivity contribution >= 4 is 0 Å². The molecule has 1 aromatic heterocycles. The second-order valence-electron chi connectivity index (χ2n) is 5.37. The summed E-state index contributed by atoms with van der Waals surface area (Å²) in [6, 6.07) is 6.78. The van der Waals surface area contributed by atoms with Crippen molar-refractivity contribution in [2.24, 2.45) is 0 Å². The second kappa shape index (κ2) is 6.26. The maximum Gasteiger partial charge on any atom is 0.253 e. The van der Waals surface area contributed by atoms with Gasteiger partial charge in [-0.2, -0.15) is 0 Å². The first-order valence-electron chi connectivity index (χ1n) is 7.54. The molecule has 0 amide bonds. The van der Waals surface area contributed by atoms with Crippen molar-refractivity contribution in [2.45, 2.75) is 45.8 Å². The van der Waals surface area contributed by atoms with E-state index in [0.717, 1.165) is 18.7 Å². The molecular weight excluding hydrogens is 266 g/mol. The average Bonchev–Trinajstić information content (AvgIpc) is 2.91. The van der Waals surface area contributed by atoms with Gasteiger partial charge in [-0.15, -0.1) is 10.2 Å². The van der Waals surface area contributed by atoms with Gasteiger partial charge in [-0.1, -0.05) is 13.0 Å².